The molecule has 0 heterocycles. The Balaban J connectivity index is 0.00000242. The molecule has 1 unspecified atom stereocenters. The lowest BCUT2D eigenvalue weighted by atomic mass is 10.2. The number of nitrogens with two attached hydrogens (primary N) is 1. The number of halogens is 1. The van der Waals surface area contributed by atoms with Gasteiger partial charge in [-0.25, -0.2) is 8.42 Å². The molecule has 1 aliphatic carbocycles. The first-order valence-electron chi connectivity index (χ1n) is 7.41. The summed E-state index contributed by atoms with van der Waals surface area (Å²) in [5.74, 6) is 1.10. The Kier molecular flexibility index (Phi) is 7.12. The molecule has 0 aromatic heterocycles. The lowest BCUT2D eigenvalue weighted by molar-refractivity contribution is 0.317. The highest BCUT2D eigenvalue weighted by Gasteiger charge is 2.38. The quantitative estimate of drug-likeness (QED) is 0.782. The summed E-state index contributed by atoms with van der Waals surface area (Å²) in [6.07, 6.45) is 3.04. The average Bonchev–Trinajstić information content (AvgIpc) is 3.31. The molecular formula is C15H25ClN2O3S. The van der Waals surface area contributed by atoms with Gasteiger partial charge in [-0.15, -0.1) is 12.4 Å². The molecule has 1 fully saturated rings. The van der Waals surface area contributed by atoms with Crippen molar-refractivity contribution < 1.29 is 13.2 Å². The Bertz CT molecular complexity index is 559. The first-order valence-corrected chi connectivity index (χ1v) is 8.85. The normalized spacial score (nSPS) is 16.2. The van der Waals surface area contributed by atoms with Crippen molar-refractivity contribution in [3.05, 3.63) is 24.3 Å². The van der Waals surface area contributed by atoms with Crippen LogP contribution in [0.25, 0.3) is 0 Å². The number of ether oxygens (including phenoxy) is 1. The summed E-state index contributed by atoms with van der Waals surface area (Å²) in [6.45, 7) is 3.01. The molecule has 2 N–H and O–H groups in total. The van der Waals surface area contributed by atoms with Crippen LogP contribution in [0.4, 0.5) is 0 Å². The van der Waals surface area contributed by atoms with Crippen molar-refractivity contribution in [2.75, 3.05) is 20.2 Å². The predicted molar refractivity (Wildman–Crippen MR) is 90.0 cm³/mol. The van der Waals surface area contributed by atoms with Crippen LogP contribution in [0.2, 0.25) is 0 Å². The highest BCUT2D eigenvalue weighted by atomic mass is 35.5. The fourth-order valence-corrected chi connectivity index (χ4v) is 3.82. The second kappa shape index (κ2) is 8.15. The molecule has 22 heavy (non-hydrogen) atoms. The lowest BCUT2D eigenvalue weighted by Crippen LogP contribution is -2.43. The highest BCUT2D eigenvalue weighted by Crippen LogP contribution is 2.36. The maximum atomic E-state index is 12.6. The van der Waals surface area contributed by atoms with Crippen molar-refractivity contribution in [3.63, 3.8) is 0 Å². The monoisotopic (exact) mass is 348 g/mol. The van der Waals surface area contributed by atoms with E-state index in [1.54, 1.807) is 31.3 Å². The summed E-state index contributed by atoms with van der Waals surface area (Å²) in [5, 5.41) is 0. The fraction of sp³-hybridized carbons (Fsp3) is 0.600. The third-order valence-electron chi connectivity index (χ3n) is 3.85. The first-order chi connectivity index (χ1) is 10.0. The molecule has 0 spiro atoms. The van der Waals surface area contributed by atoms with Crippen LogP contribution in [0.5, 0.6) is 5.75 Å². The number of benzene rings is 1. The van der Waals surface area contributed by atoms with Crippen molar-refractivity contribution in [3.8, 4) is 5.75 Å². The third kappa shape index (κ3) is 4.35. The maximum Gasteiger partial charge on any atom is 0.243 e. The van der Waals surface area contributed by atoms with Gasteiger partial charge in [0.1, 0.15) is 5.75 Å². The van der Waals surface area contributed by atoms with E-state index in [2.05, 4.69) is 0 Å². The minimum Gasteiger partial charge on any atom is -0.494 e. The van der Waals surface area contributed by atoms with Gasteiger partial charge >= 0.3 is 0 Å². The number of rotatable bonds is 8. The van der Waals surface area contributed by atoms with E-state index in [9.17, 15) is 8.42 Å². The van der Waals surface area contributed by atoms with Gasteiger partial charge in [-0.2, -0.15) is 4.31 Å². The Morgan fingerprint density at radius 2 is 1.91 bits per heavy atom. The largest absolute Gasteiger partial charge is 0.494 e. The predicted octanol–water partition coefficient (Wildman–Crippen LogP) is 2.26. The number of likely N-dealkylation sites (N-methyl/N-ethyl adjacent to an activating group) is 1. The molecule has 0 bridgehead atoms. The molecule has 7 heteroatoms. The van der Waals surface area contributed by atoms with Crippen LogP contribution in [0.3, 0.4) is 0 Å². The number of hydrogen-bond donors (Lipinski definition) is 1. The number of sulfonamides is 1. The number of nitrogens with zero attached hydrogens (tertiary/aromatic N) is 1. The summed E-state index contributed by atoms with van der Waals surface area (Å²) in [4.78, 5) is 0.285. The van der Waals surface area contributed by atoms with Crippen LogP contribution in [0.1, 0.15) is 26.2 Å². The van der Waals surface area contributed by atoms with E-state index in [4.69, 9.17) is 10.5 Å². The van der Waals surface area contributed by atoms with Gasteiger partial charge in [0.2, 0.25) is 10.0 Å². The Hall–Kier alpha value is -0.820. The van der Waals surface area contributed by atoms with Gasteiger partial charge < -0.3 is 10.5 Å². The van der Waals surface area contributed by atoms with Crippen LogP contribution in [-0.2, 0) is 10.0 Å². The van der Waals surface area contributed by atoms with E-state index < -0.39 is 10.0 Å². The van der Waals surface area contributed by atoms with Crippen molar-refractivity contribution >= 4 is 22.4 Å². The van der Waals surface area contributed by atoms with Crippen LogP contribution in [-0.4, -0.2) is 39.0 Å². The second-order valence-corrected chi connectivity index (χ2v) is 7.48. The highest BCUT2D eigenvalue weighted by molar-refractivity contribution is 7.89. The van der Waals surface area contributed by atoms with E-state index in [1.807, 2.05) is 6.92 Å². The van der Waals surface area contributed by atoms with Gasteiger partial charge in [0.15, 0.2) is 0 Å². The molecule has 0 saturated heterocycles. The van der Waals surface area contributed by atoms with Crippen LogP contribution >= 0.6 is 12.4 Å². The van der Waals surface area contributed by atoms with Gasteiger partial charge in [0, 0.05) is 19.6 Å². The Morgan fingerprint density at radius 1 is 1.32 bits per heavy atom. The number of hydrogen-bond acceptors (Lipinski definition) is 4. The third-order valence-corrected chi connectivity index (χ3v) is 5.75. The molecule has 1 saturated carbocycles. The van der Waals surface area contributed by atoms with Crippen molar-refractivity contribution in [2.24, 2.45) is 11.7 Å². The molecule has 1 aromatic carbocycles. The fourth-order valence-electron chi connectivity index (χ4n) is 2.39. The molecule has 0 amide bonds. The Morgan fingerprint density at radius 3 is 2.36 bits per heavy atom. The topological polar surface area (TPSA) is 72.6 Å². The zero-order valence-electron chi connectivity index (χ0n) is 13.1. The molecule has 0 radical (unpaired) electrons. The zero-order chi connectivity index (χ0) is 15.5. The molecular weight excluding hydrogens is 324 g/mol. The van der Waals surface area contributed by atoms with Crippen LogP contribution in [0, 0.1) is 5.92 Å². The van der Waals surface area contributed by atoms with E-state index >= 15 is 0 Å². The molecule has 1 aromatic rings. The summed E-state index contributed by atoms with van der Waals surface area (Å²) >= 11 is 0. The SMILES string of the molecule is CCCOc1ccc(S(=O)(=O)N(C)C(CN)C2CC2)cc1.Cl. The van der Waals surface area contributed by atoms with Crippen molar-refractivity contribution in [1.82, 2.24) is 4.31 Å². The molecule has 2 rings (SSSR count). The van der Waals surface area contributed by atoms with Crippen molar-refractivity contribution in [1.29, 1.82) is 0 Å². The standard InChI is InChI=1S/C15H24N2O3S.ClH/c1-3-10-20-13-6-8-14(9-7-13)21(18,19)17(2)15(11-16)12-4-5-12;/h6-9,12,15H,3-5,10-11,16H2,1-2H3;1H. The minimum atomic E-state index is -3.49. The lowest BCUT2D eigenvalue weighted by Gasteiger charge is -2.26. The molecule has 1 atom stereocenters. The molecule has 5 nitrogen and oxygen atoms in total. The Labute approximate surface area is 139 Å². The van der Waals surface area contributed by atoms with E-state index in [0.717, 1.165) is 19.3 Å². The average molecular weight is 349 g/mol. The smallest absolute Gasteiger partial charge is 0.243 e. The molecule has 0 aliphatic heterocycles. The molecule has 126 valence electrons. The minimum absolute atomic E-state index is 0. The maximum absolute atomic E-state index is 12.6. The van der Waals surface area contributed by atoms with Gasteiger partial charge in [0.25, 0.3) is 0 Å². The van der Waals surface area contributed by atoms with Gasteiger partial charge in [-0.3, -0.25) is 0 Å². The van der Waals surface area contributed by atoms with E-state index in [0.29, 0.717) is 24.8 Å². The van der Waals surface area contributed by atoms with Crippen LogP contribution in [0.15, 0.2) is 29.2 Å². The molecule has 1 aliphatic rings. The summed E-state index contributed by atoms with van der Waals surface area (Å²) < 4.78 is 32.1. The van der Waals surface area contributed by atoms with E-state index in [-0.39, 0.29) is 23.3 Å². The van der Waals surface area contributed by atoms with Crippen LogP contribution < -0.4 is 10.5 Å². The van der Waals surface area contributed by atoms with E-state index in [1.165, 1.54) is 4.31 Å². The summed E-state index contributed by atoms with van der Waals surface area (Å²) in [6, 6.07) is 6.48. The van der Waals surface area contributed by atoms with Crippen molar-refractivity contribution in [2.45, 2.75) is 37.1 Å². The second-order valence-electron chi connectivity index (χ2n) is 5.48. The van der Waals surface area contributed by atoms with Gasteiger partial charge in [-0.05, 0) is 49.4 Å². The summed E-state index contributed by atoms with van der Waals surface area (Å²) in [7, 11) is -1.88. The zero-order valence-corrected chi connectivity index (χ0v) is 14.7. The van der Waals surface area contributed by atoms with Gasteiger partial charge in [0.05, 0.1) is 11.5 Å². The first kappa shape index (κ1) is 19.2. The van der Waals surface area contributed by atoms with Gasteiger partial charge in [-0.1, -0.05) is 6.92 Å². The summed E-state index contributed by atoms with van der Waals surface area (Å²) in [5.41, 5.74) is 5.74.